The number of hydrogen-bond acceptors (Lipinski definition) is 5. The predicted molar refractivity (Wildman–Crippen MR) is 105 cm³/mol. The Morgan fingerprint density at radius 1 is 1.33 bits per heavy atom. The van der Waals surface area contributed by atoms with Crippen molar-refractivity contribution in [1.82, 2.24) is 19.7 Å². The van der Waals surface area contributed by atoms with Crippen molar-refractivity contribution in [3.63, 3.8) is 0 Å². The molecule has 5 rings (SSSR count). The van der Waals surface area contributed by atoms with Gasteiger partial charge < -0.3 is 9.84 Å². The number of carboxylic acid groups (broad SMARTS) is 1. The van der Waals surface area contributed by atoms with Crippen molar-refractivity contribution in [3.05, 3.63) is 22.9 Å². The van der Waals surface area contributed by atoms with Crippen LogP contribution in [0.3, 0.4) is 0 Å². The third-order valence-electron chi connectivity index (χ3n) is 6.10. The molecule has 4 atom stereocenters. The van der Waals surface area contributed by atoms with Crippen LogP contribution in [0.2, 0.25) is 5.15 Å². The monoisotopic (exact) mass is 436 g/mol. The van der Waals surface area contributed by atoms with Gasteiger partial charge in [0, 0.05) is 30.0 Å². The summed E-state index contributed by atoms with van der Waals surface area (Å²) in [6.07, 6.45) is 2.71. The first-order valence-corrected chi connectivity index (χ1v) is 10.4. The molecule has 8 nitrogen and oxygen atoms in total. The highest BCUT2D eigenvalue weighted by molar-refractivity contribution is 6.30. The number of nitrogens with zero attached hydrogens (tertiary/aromatic N) is 4. The lowest BCUT2D eigenvalue weighted by molar-refractivity contribution is -0.143. The summed E-state index contributed by atoms with van der Waals surface area (Å²) in [6, 6.07) is -0.873. The fourth-order valence-corrected chi connectivity index (χ4v) is 4.86. The Bertz CT molecular complexity index is 1080. The number of carboxylic acids is 1. The van der Waals surface area contributed by atoms with E-state index in [0.29, 0.717) is 16.6 Å². The van der Waals surface area contributed by atoms with Crippen molar-refractivity contribution >= 4 is 34.6 Å². The lowest BCUT2D eigenvalue weighted by Crippen LogP contribution is -2.46. The molecule has 10 heteroatoms. The van der Waals surface area contributed by atoms with Crippen LogP contribution in [0.4, 0.5) is 9.18 Å². The summed E-state index contributed by atoms with van der Waals surface area (Å²) in [5.74, 6) is -2.21. The molecule has 3 aliphatic rings. The molecule has 0 unspecified atom stereocenters. The number of piperidine rings is 1. The number of carbonyl (C=O) groups is 2. The number of rotatable bonds is 3. The van der Waals surface area contributed by atoms with E-state index in [2.05, 4.69) is 10.1 Å². The topological polar surface area (TPSA) is 97.5 Å². The second kappa shape index (κ2) is 6.29. The molecule has 1 aliphatic heterocycles. The first kappa shape index (κ1) is 19.5. The van der Waals surface area contributed by atoms with Gasteiger partial charge in [-0.3, -0.25) is 9.58 Å². The first-order chi connectivity index (χ1) is 14.1. The molecule has 3 fully saturated rings. The zero-order valence-electron chi connectivity index (χ0n) is 16.8. The van der Waals surface area contributed by atoms with Gasteiger partial charge in [0.25, 0.3) is 0 Å². The molecule has 0 spiro atoms. The maximum atomic E-state index is 14.7. The quantitative estimate of drug-likeness (QED) is 0.738. The Morgan fingerprint density at radius 3 is 2.63 bits per heavy atom. The molecule has 160 valence electrons. The van der Waals surface area contributed by atoms with Crippen molar-refractivity contribution in [2.45, 2.75) is 57.2 Å². The minimum Gasteiger partial charge on any atom is -0.480 e. The van der Waals surface area contributed by atoms with E-state index < -0.39 is 29.5 Å². The normalized spacial score (nSPS) is 28.0. The van der Waals surface area contributed by atoms with Crippen LogP contribution in [-0.2, 0) is 9.53 Å². The molecular weight excluding hydrogens is 415 g/mol. The van der Waals surface area contributed by atoms with Crippen molar-refractivity contribution in [2.75, 3.05) is 6.54 Å². The maximum absolute atomic E-state index is 14.7. The van der Waals surface area contributed by atoms with Crippen LogP contribution in [0.1, 0.15) is 51.3 Å². The van der Waals surface area contributed by atoms with E-state index in [9.17, 15) is 19.1 Å². The van der Waals surface area contributed by atoms with E-state index in [1.54, 1.807) is 25.5 Å². The smallest absolute Gasteiger partial charge is 0.411 e. The number of carbonyl (C=O) groups excluding carboxylic acids is 1. The Kier molecular flexibility index (Phi) is 4.10. The highest BCUT2D eigenvalue weighted by atomic mass is 35.5. The number of ether oxygens (including phenoxy) is 1. The Balaban J connectivity index is 1.49. The van der Waals surface area contributed by atoms with E-state index in [4.69, 9.17) is 16.3 Å². The SMILES string of the molecule is CC(C)(C)OC(=O)N1C[C@@H]2[C@@H](c3nn(C4CC4)c4c(F)c(Cl)ncc34)[C@@H]2[C@H]1C(=O)O. The van der Waals surface area contributed by atoms with E-state index in [-0.39, 0.29) is 35.5 Å². The molecule has 30 heavy (non-hydrogen) atoms. The lowest BCUT2D eigenvalue weighted by atomic mass is 10.1. The van der Waals surface area contributed by atoms with Gasteiger partial charge in [-0.25, -0.2) is 19.0 Å². The molecule has 2 aromatic rings. The van der Waals surface area contributed by atoms with Crippen LogP contribution in [0.25, 0.3) is 10.9 Å². The summed E-state index contributed by atoms with van der Waals surface area (Å²) in [4.78, 5) is 29.8. The summed E-state index contributed by atoms with van der Waals surface area (Å²) in [6.45, 7) is 5.49. The van der Waals surface area contributed by atoms with Crippen LogP contribution in [-0.4, -0.2) is 55.0 Å². The second-order valence-corrected chi connectivity index (χ2v) is 9.73. The van der Waals surface area contributed by atoms with E-state index in [0.717, 1.165) is 12.8 Å². The van der Waals surface area contributed by atoms with Crippen molar-refractivity contribution in [2.24, 2.45) is 11.8 Å². The molecule has 3 heterocycles. The average molecular weight is 437 g/mol. The van der Waals surface area contributed by atoms with Gasteiger partial charge in [0.15, 0.2) is 11.0 Å². The van der Waals surface area contributed by atoms with Gasteiger partial charge in [0.1, 0.15) is 17.2 Å². The lowest BCUT2D eigenvalue weighted by Gasteiger charge is -2.29. The molecule has 2 aliphatic carbocycles. The van der Waals surface area contributed by atoms with E-state index >= 15 is 0 Å². The highest BCUT2D eigenvalue weighted by Crippen LogP contribution is 2.62. The summed E-state index contributed by atoms with van der Waals surface area (Å²) in [5.41, 5.74) is 0.256. The largest absolute Gasteiger partial charge is 0.480 e. The molecular formula is C20H22ClFN4O4. The molecule has 2 aromatic heterocycles. The standard InChI is InChI=1S/C20H22ClFN4O4/c1-20(2,3)30-19(29)25-7-10-11(12(10)16(25)18(27)28)14-9-6-23-17(21)13(22)15(9)26(24-14)8-4-5-8/h6,8,10-12,16H,4-5,7H2,1-3H3,(H,27,28)/t10-,11-,12-,16+/m1/s1. The number of aliphatic carboxylic acids is 1. The molecule has 0 bridgehead atoms. The van der Waals surface area contributed by atoms with Gasteiger partial charge >= 0.3 is 12.1 Å². The zero-order valence-corrected chi connectivity index (χ0v) is 17.6. The number of halogens is 2. The number of pyridine rings is 1. The summed E-state index contributed by atoms with van der Waals surface area (Å²) < 4.78 is 21.8. The summed E-state index contributed by atoms with van der Waals surface area (Å²) in [7, 11) is 0. The Morgan fingerprint density at radius 2 is 2.03 bits per heavy atom. The van der Waals surface area contributed by atoms with Crippen LogP contribution in [0.5, 0.6) is 0 Å². The van der Waals surface area contributed by atoms with Gasteiger partial charge in [-0.2, -0.15) is 5.10 Å². The van der Waals surface area contributed by atoms with Crippen LogP contribution in [0.15, 0.2) is 6.20 Å². The average Bonchev–Trinajstić information content (AvgIpc) is 3.53. The predicted octanol–water partition coefficient (Wildman–Crippen LogP) is 3.59. The van der Waals surface area contributed by atoms with Crippen LogP contribution in [0, 0.1) is 17.7 Å². The van der Waals surface area contributed by atoms with E-state index in [1.165, 1.54) is 11.1 Å². The summed E-state index contributed by atoms with van der Waals surface area (Å²) in [5, 5.41) is 14.9. The van der Waals surface area contributed by atoms with Gasteiger partial charge in [0.05, 0.1) is 11.7 Å². The molecule has 0 aromatic carbocycles. The van der Waals surface area contributed by atoms with Crippen molar-refractivity contribution < 1.29 is 23.8 Å². The molecule has 0 radical (unpaired) electrons. The molecule has 1 saturated heterocycles. The maximum Gasteiger partial charge on any atom is 0.411 e. The van der Waals surface area contributed by atoms with E-state index in [1.807, 2.05) is 0 Å². The second-order valence-electron chi connectivity index (χ2n) is 9.37. The third-order valence-corrected chi connectivity index (χ3v) is 6.36. The van der Waals surface area contributed by atoms with Gasteiger partial charge in [-0.15, -0.1) is 0 Å². The van der Waals surface area contributed by atoms with Crippen LogP contribution >= 0.6 is 11.6 Å². The van der Waals surface area contributed by atoms with Gasteiger partial charge in [0.2, 0.25) is 0 Å². The first-order valence-electron chi connectivity index (χ1n) is 10.0. The van der Waals surface area contributed by atoms with Crippen molar-refractivity contribution in [3.8, 4) is 0 Å². The molecule has 2 saturated carbocycles. The molecule has 1 N–H and O–H groups in total. The fraction of sp³-hybridized carbons (Fsp3) is 0.600. The number of fused-ring (bicyclic) bond motifs is 2. The minimum absolute atomic E-state index is 0.0666. The van der Waals surface area contributed by atoms with Crippen LogP contribution < -0.4 is 0 Å². The number of hydrogen-bond donors (Lipinski definition) is 1. The molecule has 1 amide bonds. The third kappa shape index (κ3) is 2.93. The zero-order chi connectivity index (χ0) is 21.5. The van der Waals surface area contributed by atoms with Gasteiger partial charge in [-0.1, -0.05) is 11.6 Å². The minimum atomic E-state index is -1.07. The number of amides is 1. The summed E-state index contributed by atoms with van der Waals surface area (Å²) >= 11 is 5.89. The Labute approximate surface area is 176 Å². The Hall–Kier alpha value is -2.42. The van der Waals surface area contributed by atoms with Crippen molar-refractivity contribution in [1.29, 1.82) is 0 Å². The fourth-order valence-electron chi connectivity index (χ4n) is 4.72. The number of likely N-dealkylation sites (tertiary alicyclic amines) is 1. The number of aromatic nitrogens is 3. The highest BCUT2D eigenvalue weighted by Gasteiger charge is 2.67. The van der Waals surface area contributed by atoms with Gasteiger partial charge in [-0.05, 0) is 39.5 Å².